The van der Waals surface area contributed by atoms with Crippen LogP contribution in [-0.4, -0.2) is 15.0 Å². The van der Waals surface area contributed by atoms with Gasteiger partial charge in [0.15, 0.2) is 0 Å². The summed E-state index contributed by atoms with van der Waals surface area (Å²) < 4.78 is 0.837. The van der Waals surface area contributed by atoms with Crippen LogP contribution in [-0.2, 0) is 0 Å². The third kappa shape index (κ3) is 1.91. The minimum atomic E-state index is 0.837. The minimum absolute atomic E-state index is 0.837. The lowest BCUT2D eigenvalue weighted by atomic mass is 10.1. The summed E-state index contributed by atoms with van der Waals surface area (Å²) in [5, 5.41) is 2.14. The van der Waals surface area contributed by atoms with Crippen molar-refractivity contribution in [3.8, 4) is 11.3 Å². The number of fused-ring (bicyclic) bond motifs is 1. The third-order valence-electron chi connectivity index (χ3n) is 2.56. The molecule has 82 valence electrons. The van der Waals surface area contributed by atoms with Crippen molar-refractivity contribution in [1.29, 1.82) is 0 Å². The lowest BCUT2D eigenvalue weighted by Crippen LogP contribution is -1.87. The highest BCUT2D eigenvalue weighted by atomic mass is 79.9. The normalized spacial score (nSPS) is 10.6. The number of hydrogen-bond donors (Lipinski definition) is 0. The Kier molecular flexibility index (Phi) is 2.57. The third-order valence-corrected chi connectivity index (χ3v) is 3.17. The van der Waals surface area contributed by atoms with Crippen LogP contribution in [0, 0.1) is 0 Å². The molecule has 17 heavy (non-hydrogen) atoms. The molecule has 4 heteroatoms. The lowest BCUT2D eigenvalue weighted by molar-refractivity contribution is 1.27. The monoisotopic (exact) mass is 285 g/mol. The van der Waals surface area contributed by atoms with E-state index in [1.807, 2.05) is 30.5 Å². The van der Waals surface area contributed by atoms with Gasteiger partial charge in [-0.25, -0.2) is 4.98 Å². The van der Waals surface area contributed by atoms with Crippen LogP contribution in [0.15, 0.2) is 53.7 Å². The van der Waals surface area contributed by atoms with Crippen LogP contribution >= 0.6 is 15.9 Å². The molecule has 0 amide bonds. The fraction of sp³-hybridized carbons (Fsp3) is 0. The van der Waals surface area contributed by atoms with Gasteiger partial charge in [0.2, 0.25) is 0 Å². The number of hydrogen-bond acceptors (Lipinski definition) is 3. The molecule has 0 saturated carbocycles. The maximum absolute atomic E-state index is 4.53. The second-order valence-electron chi connectivity index (χ2n) is 3.63. The van der Waals surface area contributed by atoms with Gasteiger partial charge in [-0.05, 0) is 40.2 Å². The molecule has 3 heterocycles. The first-order valence-electron chi connectivity index (χ1n) is 5.15. The molecule has 3 aromatic rings. The molecule has 0 fully saturated rings. The Hall–Kier alpha value is -1.81. The van der Waals surface area contributed by atoms with Crippen LogP contribution in [0.1, 0.15) is 0 Å². The fourth-order valence-corrected chi connectivity index (χ4v) is 2.28. The Balaban J connectivity index is 2.26. The Morgan fingerprint density at radius 1 is 0.941 bits per heavy atom. The van der Waals surface area contributed by atoms with Crippen molar-refractivity contribution in [3.05, 3.63) is 53.7 Å². The largest absolute Gasteiger partial charge is 0.265 e. The van der Waals surface area contributed by atoms with Crippen molar-refractivity contribution < 1.29 is 0 Å². The molecule has 0 saturated heterocycles. The Morgan fingerprint density at radius 2 is 1.71 bits per heavy atom. The lowest BCUT2D eigenvalue weighted by Gasteiger charge is -2.04. The molecule has 3 aromatic heterocycles. The van der Waals surface area contributed by atoms with Gasteiger partial charge in [0.25, 0.3) is 0 Å². The highest BCUT2D eigenvalue weighted by molar-refractivity contribution is 9.10. The number of nitrogens with zero attached hydrogens (tertiary/aromatic N) is 3. The van der Waals surface area contributed by atoms with E-state index in [1.165, 1.54) is 0 Å². The Labute approximate surface area is 107 Å². The van der Waals surface area contributed by atoms with Gasteiger partial charge in [-0.1, -0.05) is 0 Å². The molecule has 0 aliphatic rings. The summed E-state index contributed by atoms with van der Waals surface area (Å²) in [7, 11) is 0. The predicted molar refractivity (Wildman–Crippen MR) is 70.5 cm³/mol. The fourth-order valence-electron chi connectivity index (χ4n) is 1.73. The van der Waals surface area contributed by atoms with Crippen molar-refractivity contribution in [2.24, 2.45) is 0 Å². The molecule has 0 spiro atoms. The first-order valence-corrected chi connectivity index (χ1v) is 5.94. The summed E-state index contributed by atoms with van der Waals surface area (Å²) >= 11 is 3.49. The van der Waals surface area contributed by atoms with Crippen molar-refractivity contribution >= 4 is 26.7 Å². The maximum atomic E-state index is 4.53. The van der Waals surface area contributed by atoms with Crippen molar-refractivity contribution in [2.45, 2.75) is 0 Å². The predicted octanol–water partition coefficient (Wildman–Crippen LogP) is 3.45. The number of rotatable bonds is 1. The SMILES string of the molecule is Brc1nc(-c2ccncc2)cc2cnccc12. The van der Waals surface area contributed by atoms with Crippen molar-refractivity contribution in [3.63, 3.8) is 0 Å². The average molecular weight is 286 g/mol. The van der Waals surface area contributed by atoms with E-state index in [2.05, 4.69) is 30.9 Å². The van der Waals surface area contributed by atoms with Crippen LogP contribution in [0.25, 0.3) is 22.0 Å². The molecular formula is C13H8BrN3. The zero-order valence-electron chi connectivity index (χ0n) is 8.84. The number of pyridine rings is 3. The van der Waals surface area contributed by atoms with Crippen LogP contribution in [0.4, 0.5) is 0 Å². The van der Waals surface area contributed by atoms with E-state index in [0.29, 0.717) is 0 Å². The van der Waals surface area contributed by atoms with Crippen molar-refractivity contribution in [1.82, 2.24) is 15.0 Å². The summed E-state index contributed by atoms with van der Waals surface area (Å²) in [5.41, 5.74) is 1.96. The molecule has 0 radical (unpaired) electrons. The minimum Gasteiger partial charge on any atom is -0.265 e. The molecule has 0 bridgehead atoms. The summed E-state index contributed by atoms with van der Waals surface area (Å²) in [6.07, 6.45) is 7.13. The number of halogens is 1. The van der Waals surface area contributed by atoms with Crippen LogP contribution < -0.4 is 0 Å². The smallest absolute Gasteiger partial charge is 0.114 e. The molecular weight excluding hydrogens is 278 g/mol. The van der Waals surface area contributed by atoms with Gasteiger partial charge in [-0.15, -0.1) is 0 Å². The number of aromatic nitrogens is 3. The Morgan fingerprint density at radius 3 is 2.53 bits per heavy atom. The zero-order chi connectivity index (χ0) is 11.7. The molecule has 3 nitrogen and oxygen atoms in total. The van der Waals surface area contributed by atoms with Gasteiger partial charge in [0.1, 0.15) is 4.60 Å². The van der Waals surface area contributed by atoms with Crippen molar-refractivity contribution in [2.75, 3.05) is 0 Å². The van der Waals surface area contributed by atoms with E-state index in [1.54, 1.807) is 18.6 Å². The molecule has 0 atom stereocenters. The van der Waals surface area contributed by atoms with E-state index in [-0.39, 0.29) is 0 Å². The molecule has 0 aliphatic heterocycles. The second kappa shape index (κ2) is 4.22. The van der Waals surface area contributed by atoms with Gasteiger partial charge in [0, 0.05) is 41.1 Å². The summed E-state index contributed by atoms with van der Waals surface area (Å²) in [4.78, 5) is 12.7. The first kappa shape index (κ1) is 10.4. The molecule has 3 rings (SSSR count). The van der Waals surface area contributed by atoms with E-state index >= 15 is 0 Å². The standard InChI is InChI=1S/C13H8BrN3/c14-13-11-3-6-16-8-10(11)7-12(17-13)9-1-4-15-5-2-9/h1-8H. The maximum Gasteiger partial charge on any atom is 0.114 e. The zero-order valence-corrected chi connectivity index (χ0v) is 10.4. The van der Waals surface area contributed by atoms with Gasteiger partial charge < -0.3 is 0 Å². The quantitative estimate of drug-likeness (QED) is 0.643. The highest BCUT2D eigenvalue weighted by Gasteiger charge is 2.05. The van der Waals surface area contributed by atoms with E-state index in [9.17, 15) is 0 Å². The second-order valence-corrected chi connectivity index (χ2v) is 4.38. The highest BCUT2D eigenvalue weighted by Crippen LogP contribution is 2.26. The molecule has 0 aromatic carbocycles. The van der Waals surface area contributed by atoms with Gasteiger partial charge >= 0.3 is 0 Å². The summed E-state index contributed by atoms with van der Waals surface area (Å²) in [6, 6.07) is 7.86. The van der Waals surface area contributed by atoms with E-state index in [4.69, 9.17) is 0 Å². The van der Waals surface area contributed by atoms with E-state index in [0.717, 1.165) is 26.6 Å². The van der Waals surface area contributed by atoms with E-state index < -0.39 is 0 Å². The van der Waals surface area contributed by atoms with Gasteiger partial charge in [-0.2, -0.15) is 0 Å². The molecule has 0 aliphatic carbocycles. The van der Waals surface area contributed by atoms with Crippen LogP contribution in [0.3, 0.4) is 0 Å². The van der Waals surface area contributed by atoms with Crippen LogP contribution in [0.2, 0.25) is 0 Å². The Bertz CT molecular complexity index is 668. The summed E-state index contributed by atoms with van der Waals surface area (Å²) in [6.45, 7) is 0. The van der Waals surface area contributed by atoms with Gasteiger partial charge in [-0.3, -0.25) is 9.97 Å². The summed E-state index contributed by atoms with van der Waals surface area (Å²) in [5.74, 6) is 0. The first-order chi connectivity index (χ1) is 8.34. The van der Waals surface area contributed by atoms with Gasteiger partial charge in [0.05, 0.1) is 5.69 Å². The van der Waals surface area contributed by atoms with Crippen LogP contribution in [0.5, 0.6) is 0 Å². The topological polar surface area (TPSA) is 38.7 Å². The molecule has 0 N–H and O–H groups in total. The molecule has 0 unspecified atom stereocenters. The average Bonchev–Trinajstić information content (AvgIpc) is 2.40.